The van der Waals surface area contributed by atoms with E-state index >= 15 is 0 Å². The predicted octanol–water partition coefficient (Wildman–Crippen LogP) is 1.48. The molecule has 22 heavy (non-hydrogen) atoms. The molecule has 1 amide bonds. The summed E-state index contributed by atoms with van der Waals surface area (Å²) in [4.78, 5) is 17.5. The van der Waals surface area contributed by atoms with E-state index in [1.807, 2.05) is 0 Å². The van der Waals surface area contributed by atoms with Crippen LogP contribution in [0.4, 0.5) is 0 Å². The molecule has 6 nitrogen and oxygen atoms in total. The molecule has 0 spiro atoms. The zero-order valence-electron chi connectivity index (χ0n) is 13.8. The van der Waals surface area contributed by atoms with Crippen LogP contribution in [0.2, 0.25) is 0 Å². The van der Waals surface area contributed by atoms with Crippen LogP contribution in [-0.4, -0.2) is 48.0 Å². The number of ether oxygens (including phenoxy) is 1. The molecule has 0 aromatic carbocycles. The lowest BCUT2D eigenvalue weighted by atomic mass is 9.80. The Morgan fingerprint density at radius 1 is 1.50 bits per heavy atom. The fraction of sp³-hybridized carbons (Fsp3) is 0.688. The summed E-state index contributed by atoms with van der Waals surface area (Å²) in [5.74, 6) is 0.0911. The number of nitrogens with one attached hydrogen (secondary N) is 1. The largest absolute Gasteiger partial charge is 0.485 e. The molecule has 124 valence electrons. The highest BCUT2D eigenvalue weighted by molar-refractivity contribution is 6.00. The number of carbonyl (C=O) groups excluding carboxylic acids is 1. The fourth-order valence-electron chi connectivity index (χ4n) is 3.26. The van der Waals surface area contributed by atoms with Crippen LogP contribution in [0.1, 0.15) is 39.5 Å². The standard InChI is InChI=1S/C16H26N2O4/c1-6-7-8-9-11-16(3,20)14(17-4)12-13(22-11)10(2)18(21-5)15(12)19/h11,14,17,20H,2,6-9H2,1,3-5H3/t11-,14+,16-/m0/s1. The Labute approximate surface area is 131 Å². The maximum Gasteiger partial charge on any atom is 0.283 e. The number of hydrogen-bond donors (Lipinski definition) is 2. The third-order valence-electron chi connectivity index (χ3n) is 4.49. The number of rotatable bonds is 6. The summed E-state index contributed by atoms with van der Waals surface area (Å²) < 4.78 is 5.97. The van der Waals surface area contributed by atoms with Crippen LogP contribution >= 0.6 is 0 Å². The normalized spacial score (nSPS) is 31.6. The summed E-state index contributed by atoms with van der Waals surface area (Å²) in [5, 5.41) is 15.1. The number of carbonyl (C=O) groups is 1. The molecule has 0 unspecified atom stereocenters. The van der Waals surface area contributed by atoms with Gasteiger partial charge in [0, 0.05) is 0 Å². The van der Waals surface area contributed by atoms with E-state index in [0.29, 0.717) is 17.0 Å². The predicted molar refractivity (Wildman–Crippen MR) is 82.5 cm³/mol. The monoisotopic (exact) mass is 310 g/mol. The quantitative estimate of drug-likeness (QED) is 0.727. The molecular weight excluding hydrogens is 284 g/mol. The van der Waals surface area contributed by atoms with Crippen LogP contribution < -0.4 is 5.32 Å². The van der Waals surface area contributed by atoms with Gasteiger partial charge in [-0.1, -0.05) is 26.3 Å². The van der Waals surface area contributed by atoms with Gasteiger partial charge in [0.2, 0.25) is 0 Å². The van der Waals surface area contributed by atoms with Crippen molar-refractivity contribution in [3.8, 4) is 0 Å². The van der Waals surface area contributed by atoms with E-state index in [4.69, 9.17) is 9.57 Å². The highest BCUT2D eigenvalue weighted by Gasteiger charge is 2.54. The fourth-order valence-corrected chi connectivity index (χ4v) is 3.26. The highest BCUT2D eigenvalue weighted by Crippen LogP contribution is 2.42. The molecule has 2 heterocycles. The molecule has 6 heteroatoms. The van der Waals surface area contributed by atoms with Crippen molar-refractivity contribution < 1.29 is 19.5 Å². The van der Waals surface area contributed by atoms with Gasteiger partial charge in [-0.2, -0.15) is 5.06 Å². The van der Waals surface area contributed by atoms with E-state index in [2.05, 4.69) is 18.8 Å². The molecule has 0 saturated carbocycles. The molecule has 0 saturated heterocycles. The number of nitrogens with zero attached hydrogens (tertiary/aromatic N) is 1. The zero-order chi connectivity index (χ0) is 16.5. The summed E-state index contributed by atoms with van der Waals surface area (Å²) in [5.41, 5.74) is -0.411. The van der Waals surface area contributed by atoms with Crippen LogP contribution in [0.15, 0.2) is 23.6 Å². The first-order valence-electron chi connectivity index (χ1n) is 7.78. The third kappa shape index (κ3) is 2.55. The van der Waals surface area contributed by atoms with E-state index in [9.17, 15) is 9.90 Å². The molecule has 2 rings (SSSR count). The van der Waals surface area contributed by atoms with Crippen molar-refractivity contribution in [2.75, 3.05) is 14.2 Å². The molecule has 2 N–H and O–H groups in total. The first-order chi connectivity index (χ1) is 10.4. The third-order valence-corrected chi connectivity index (χ3v) is 4.49. The Balaban J connectivity index is 2.34. The van der Waals surface area contributed by atoms with Crippen molar-refractivity contribution in [3.63, 3.8) is 0 Å². The van der Waals surface area contributed by atoms with Crippen molar-refractivity contribution in [1.82, 2.24) is 10.4 Å². The molecule has 0 radical (unpaired) electrons. The van der Waals surface area contributed by atoms with E-state index in [0.717, 1.165) is 30.7 Å². The SMILES string of the molecule is C=C1C2=C(C(=O)N1OC)[C@@H](NC)[C@@](C)(O)[C@H](CCCCC)O2. The summed E-state index contributed by atoms with van der Waals surface area (Å²) in [6.07, 6.45) is 3.48. The maximum absolute atomic E-state index is 12.5. The minimum Gasteiger partial charge on any atom is -0.485 e. The summed E-state index contributed by atoms with van der Waals surface area (Å²) >= 11 is 0. The lowest BCUT2D eigenvalue weighted by Crippen LogP contribution is -2.60. The van der Waals surface area contributed by atoms with Gasteiger partial charge in [0.15, 0.2) is 5.76 Å². The van der Waals surface area contributed by atoms with E-state index in [-0.39, 0.29) is 5.91 Å². The lowest BCUT2D eigenvalue weighted by molar-refractivity contribution is -0.158. The second-order valence-electron chi connectivity index (χ2n) is 6.02. The first kappa shape index (κ1) is 17.0. The van der Waals surface area contributed by atoms with Crippen molar-refractivity contribution in [1.29, 1.82) is 0 Å². The molecular formula is C16H26N2O4. The number of aliphatic hydroxyl groups is 1. The first-order valence-corrected chi connectivity index (χ1v) is 7.78. The second-order valence-corrected chi connectivity index (χ2v) is 6.02. The van der Waals surface area contributed by atoms with Gasteiger partial charge in [0.25, 0.3) is 5.91 Å². The minimum atomic E-state index is -1.18. The average molecular weight is 310 g/mol. The Morgan fingerprint density at radius 2 is 2.18 bits per heavy atom. The number of likely N-dealkylation sites (N-methyl/N-ethyl adjacent to an activating group) is 1. The van der Waals surface area contributed by atoms with Gasteiger partial charge in [-0.15, -0.1) is 0 Å². The molecule has 0 aromatic heterocycles. The van der Waals surface area contributed by atoms with Crippen LogP contribution in [0, 0.1) is 0 Å². The lowest BCUT2D eigenvalue weighted by Gasteiger charge is -2.43. The molecule has 0 bridgehead atoms. The molecule has 0 aromatic rings. The van der Waals surface area contributed by atoms with Crippen LogP contribution in [0.5, 0.6) is 0 Å². The summed E-state index contributed by atoms with van der Waals surface area (Å²) in [6, 6.07) is -0.521. The van der Waals surface area contributed by atoms with E-state index in [1.54, 1.807) is 14.0 Å². The smallest absolute Gasteiger partial charge is 0.283 e. The Hall–Kier alpha value is -1.37. The Kier molecular flexibility index (Phi) is 4.94. The molecule has 0 aliphatic carbocycles. The van der Waals surface area contributed by atoms with Gasteiger partial charge in [0.05, 0.1) is 18.7 Å². The van der Waals surface area contributed by atoms with Crippen molar-refractivity contribution >= 4 is 5.91 Å². The average Bonchev–Trinajstić information content (AvgIpc) is 2.70. The second kappa shape index (κ2) is 6.40. The van der Waals surface area contributed by atoms with Crippen molar-refractivity contribution in [2.45, 2.75) is 57.3 Å². The Bertz CT molecular complexity index is 498. The van der Waals surface area contributed by atoms with Crippen molar-refractivity contribution in [3.05, 3.63) is 23.6 Å². The number of hydrogen-bond acceptors (Lipinski definition) is 5. The highest BCUT2D eigenvalue weighted by atomic mass is 16.7. The minimum absolute atomic E-state index is 0.339. The van der Waals surface area contributed by atoms with Crippen LogP contribution in [0.3, 0.4) is 0 Å². The van der Waals surface area contributed by atoms with E-state index in [1.165, 1.54) is 7.11 Å². The number of hydroxylamine groups is 2. The van der Waals surface area contributed by atoms with Gasteiger partial charge in [0.1, 0.15) is 17.4 Å². The molecule has 2 aliphatic heterocycles. The molecule has 2 aliphatic rings. The zero-order valence-corrected chi connectivity index (χ0v) is 13.8. The summed E-state index contributed by atoms with van der Waals surface area (Å²) in [7, 11) is 3.14. The van der Waals surface area contributed by atoms with Gasteiger partial charge in [-0.3, -0.25) is 9.63 Å². The van der Waals surface area contributed by atoms with Crippen LogP contribution in [0.25, 0.3) is 0 Å². The van der Waals surface area contributed by atoms with Gasteiger partial charge in [-0.25, -0.2) is 0 Å². The molecule has 3 atom stereocenters. The summed E-state index contributed by atoms with van der Waals surface area (Å²) in [6.45, 7) is 7.71. The van der Waals surface area contributed by atoms with Gasteiger partial charge < -0.3 is 15.2 Å². The van der Waals surface area contributed by atoms with Crippen molar-refractivity contribution in [2.24, 2.45) is 0 Å². The number of unbranched alkanes of at least 4 members (excludes halogenated alkanes) is 2. The maximum atomic E-state index is 12.5. The van der Waals surface area contributed by atoms with Gasteiger partial charge >= 0.3 is 0 Å². The van der Waals surface area contributed by atoms with Gasteiger partial charge in [-0.05, 0) is 26.8 Å². The van der Waals surface area contributed by atoms with Crippen LogP contribution in [-0.2, 0) is 14.4 Å². The molecule has 0 fully saturated rings. The Morgan fingerprint density at radius 3 is 2.73 bits per heavy atom. The number of amides is 1. The topological polar surface area (TPSA) is 71.0 Å². The van der Waals surface area contributed by atoms with E-state index < -0.39 is 17.7 Å².